The van der Waals surface area contributed by atoms with Gasteiger partial charge in [0.05, 0.1) is 23.3 Å². The van der Waals surface area contributed by atoms with Crippen LogP contribution in [0.4, 0.5) is 0 Å². The Bertz CT molecular complexity index is 776. The van der Waals surface area contributed by atoms with E-state index in [4.69, 9.17) is 14.0 Å². The van der Waals surface area contributed by atoms with Crippen LogP contribution < -0.4 is 10.2 Å². The van der Waals surface area contributed by atoms with E-state index >= 15 is 0 Å². The van der Waals surface area contributed by atoms with Crippen molar-refractivity contribution in [3.8, 4) is 11.9 Å². The zero-order valence-electron chi connectivity index (χ0n) is 14.1. The van der Waals surface area contributed by atoms with Gasteiger partial charge in [0.1, 0.15) is 11.6 Å². The number of ether oxygens (including phenoxy) is 1. The second-order valence-electron chi connectivity index (χ2n) is 6.57. The van der Waals surface area contributed by atoms with Gasteiger partial charge in [-0.05, 0) is 40.7 Å². The summed E-state index contributed by atoms with van der Waals surface area (Å²) < 4.78 is 19.3. The Morgan fingerprint density at radius 3 is 2.52 bits per heavy atom. The van der Waals surface area contributed by atoms with Gasteiger partial charge in [0, 0.05) is 11.7 Å². The number of pyridine rings is 1. The second-order valence-corrected chi connectivity index (χ2v) is 6.57. The van der Waals surface area contributed by atoms with E-state index in [0.29, 0.717) is 23.6 Å². The summed E-state index contributed by atoms with van der Waals surface area (Å²) in [5.41, 5.74) is 0.954. The highest BCUT2D eigenvalue weighted by atomic mass is 16.7. The summed E-state index contributed by atoms with van der Waals surface area (Å²) in [4.78, 5) is 0. The molecule has 0 aliphatic carbocycles. The number of aromatic nitrogens is 2. The van der Waals surface area contributed by atoms with Crippen LogP contribution in [0.5, 0.6) is 5.88 Å². The predicted molar refractivity (Wildman–Crippen MR) is 86.8 cm³/mol. The van der Waals surface area contributed by atoms with E-state index in [9.17, 15) is 5.26 Å². The van der Waals surface area contributed by atoms with E-state index < -0.39 is 18.3 Å². The van der Waals surface area contributed by atoms with Crippen LogP contribution in [0.2, 0.25) is 0 Å². The summed E-state index contributed by atoms with van der Waals surface area (Å²) in [5, 5.41) is 13.9. The third-order valence-corrected chi connectivity index (χ3v) is 4.55. The summed E-state index contributed by atoms with van der Waals surface area (Å²) in [6.07, 6.45) is 1.79. The molecule has 3 rings (SSSR count). The van der Waals surface area contributed by atoms with Crippen LogP contribution in [0.15, 0.2) is 18.3 Å². The van der Waals surface area contributed by atoms with Gasteiger partial charge in [0.25, 0.3) is 5.88 Å². The molecule has 0 saturated carbocycles. The van der Waals surface area contributed by atoms with Gasteiger partial charge in [-0.25, -0.2) is 4.52 Å². The van der Waals surface area contributed by atoms with Crippen LogP contribution in [0, 0.1) is 11.3 Å². The molecule has 0 radical (unpaired) electrons. The van der Waals surface area contributed by atoms with Crippen molar-refractivity contribution < 1.29 is 14.0 Å². The van der Waals surface area contributed by atoms with Crippen molar-refractivity contribution in [2.75, 3.05) is 6.61 Å². The van der Waals surface area contributed by atoms with Crippen molar-refractivity contribution in [2.45, 2.75) is 45.8 Å². The number of fused-ring (bicyclic) bond motifs is 1. The molecule has 2 aromatic heterocycles. The molecular formula is C16H20BN3O3. The molecule has 0 N–H and O–H groups in total. The number of nitrogens with zero attached hydrogens (tertiary/aromatic N) is 3. The highest BCUT2D eigenvalue weighted by molar-refractivity contribution is 6.64. The van der Waals surface area contributed by atoms with Crippen molar-refractivity contribution in [3.05, 3.63) is 23.9 Å². The molecule has 0 unspecified atom stereocenters. The van der Waals surface area contributed by atoms with Crippen LogP contribution in [0.25, 0.3) is 5.52 Å². The first kappa shape index (κ1) is 15.8. The monoisotopic (exact) mass is 313 g/mol. The fourth-order valence-corrected chi connectivity index (χ4v) is 2.60. The molecule has 23 heavy (non-hydrogen) atoms. The highest BCUT2D eigenvalue weighted by Gasteiger charge is 2.52. The first-order chi connectivity index (χ1) is 10.8. The van der Waals surface area contributed by atoms with Crippen molar-refractivity contribution in [1.29, 1.82) is 5.26 Å². The molecule has 0 bridgehead atoms. The minimum absolute atomic E-state index is 0.332. The zero-order chi connectivity index (χ0) is 16.8. The molecule has 1 fully saturated rings. The number of hydrogen-bond donors (Lipinski definition) is 0. The Morgan fingerprint density at radius 1 is 1.30 bits per heavy atom. The molecule has 2 aromatic rings. The van der Waals surface area contributed by atoms with Gasteiger partial charge < -0.3 is 14.0 Å². The van der Waals surface area contributed by atoms with E-state index in [2.05, 4.69) is 11.2 Å². The van der Waals surface area contributed by atoms with Gasteiger partial charge in [-0.3, -0.25) is 0 Å². The van der Waals surface area contributed by atoms with Gasteiger partial charge in [-0.2, -0.15) is 5.26 Å². The topological polar surface area (TPSA) is 68.8 Å². The smallest absolute Gasteiger partial charge is 0.476 e. The molecule has 1 saturated heterocycles. The molecule has 7 heteroatoms. The second kappa shape index (κ2) is 5.26. The fourth-order valence-electron chi connectivity index (χ4n) is 2.60. The fraction of sp³-hybridized carbons (Fsp3) is 0.500. The summed E-state index contributed by atoms with van der Waals surface area (Å²) in [5.74, 6) is 0.332. The summed E-state index contributed by atoms with van der Waals surface area (Å²) in [7, 11) is -0.554. The molecular weight excluding hydrogens is 293 g/mol. The van der Waals surface area contributed by atoms with E-state index in [1.807, 2.05) is 46.8 Å². The molecule has 1 aliphatic heterocycles. The number of nitriles is 1. The molecule has 0 spiro atoms. The maximum atomic E-state index is 9.54. The van der Waals surface area contributed by atoms with Crippen LogP contribution in [0.1, 0.15) is 40.2 Å². The molecule has 3 heterocycles. The van der Waals surface area contributed by atoms with Gasteiger partial charge in [0.15, 0.2) is 0 Å². The molecule has 0 amide bonds. The first-order valence-electron chi connectivity index (χ1n) is 7.70. The Hall–Kier alpha value is -2.04. The van der Waals surface area contributed by atoms with Crippen molar-refractivity contribution in [3.63, 3.8) is 0 Å². The van der Waals surface area contributed by atoms with Gasteiger partial charge in [0.2, 0.25) is 0 Å². The number of hydrogen-bond acceptors (Lipinski definition) is 5. The highest BCUT2D eigenvalue weighted by Crippen LogP contribution is 2.37. The van der Waals surface area contributed by atoms with E-state index in [-0.39, 0.29) is 0 Å². The van der Waals surface area contributed by atoms with E-state index in [1.165, 1.54) is 0 Å². The minimum atomic E-state index is -0.554. The molecule has 0 atom stereocenters. The third kappa shape index (κ3) is 2.39. The lowest BCUT2D eigenvalue weighted by molar-refractivity contribution is 0.00578. The average Bonchev–Trinajstić information content (AvgIpc) is 2.93. The van der Waals surface area contributed by atoms with Crippen molar-refractivity contribution in [2.24, 2.45) is 0 Å². The SMILES string of the molecule is CCOc1nn2cccc(B3OC(C)(C)C(C)(C)O3)c2c1C#N. The first-order valence-corrected chi connectivity index (χ1v) is 7.70. The molecule has 120 valence electrons. The lowest BCUT2D eigenvalue weighted by atomic mass is 9.78. The Labute approximate surface area is 136 Å². The zero-order valence-corrected chi connectivity index (χ0v) is 14.1. The summed E-state index contributed by atoms with van der Waals surface area (Å²) >= 11 is 0. The minimum Gasteiger partial charge on any atom is -0.476 e. The van der Waals surface area contributed by atoms with Crippen LogP contribution >= 0.6 is 0 Å². The summed E-state index contributed by atoms with van der Waals surface area (Å²) in [6, 6.07) is 5.95. The molecule has 1 aliphatic rings. The Morgan fingerprint density at radius 2 is 1.96 bits per heavy atom. The van der Waals surface area contributed by atoms with Crippen molar-refractivity contribution >= 4 is 18.1 Å². The summed E-state index contributed by atoms with van der Waals surface area (Å²) in [6.45, 7) is 10.3. The standard InChI is InChI=1S/C16H20BN3O3/c1-6-21-14-11(10-18)13-12(8-7-9-20(13)19-14)17-22-15(2,3)16(4,5)23-17/h7-9H,6H2,1-5H3. The third-order valence-electron chi connectivity index (χ3n) is 4.55. The lowest BCUT2D eigenvalue weighted by Crippen LogP contribution is -2.41. The van der Waals surface area contributed by atoms with Crippen LogP contribution in [-0.2, 0) is 9.31 Å². The van der Waals surface area contributed by atoms with Crippen LogP contribution in [-0.4, -0.2) is 34.5 Å². The van der Waals surface area contributed by atoms with Crippen molar-refractivity contribution in [1.82, 2.24) is 9.61 Å². The Kier molecular flexibility index (Phi) is 3.62. The molecule has 6 nitrogen and oxygen atoms in total. The van der Waals surface area contributed by atoms with Gasteiger partial charge in [-0.15, -0.1) is 5.10 Å². The van der Waals surface area contributed by atoms with Gasteiger partial charge >= 0.3 is 7.12 Å². The maximum Gasteiger partial charge on any atom is 0.497 e. The predicted octanol–water partition coefficient (Wildman–Crippen LogP) is 1.90. The quantitative estimate of drug-likeness (QED) is 0.810. The van der Waals surface area contributed by atoms with Crippen LogP contribution in [0.3, 0.4) is 0 Å². The normalized spacial score (nSPS) is 19.0. The van der Waals surface area contributed by atoms with Gasteiger partial charge in [-0.1, -0.05) is 6.07 Å². The lowest BCUT2D eigenvalue weighted by Gasteiger charge is -2.32. The Balaban J connectivity index is 2.15. The maximum absolute atomic E-state index is 9.54. The largest absolute Gasteiger partial charge is 0.497 e. The van der Waals surface area contributed by atoms with E-state index in [0.717, 1.165) is 5.46 Å². The number of rotatable bonds is 3. The molecule has 0 aromatic carbocycles. The average molecular weight is 313 g/mol. The van der Waals surface area contributed by atoms with E-state index in [1.54, 1.807) is 10.7 Å².